The molecule has 0 spiro atoms. The van der Waals surface area contributed by atoms with Crippen LogP contribution in [0.4, 0.5) is 16.2 Å². The molecule has 0 fully saturated rings. The summed E-state index contributed by atoms with van der Waals surface area (Å²) in [6, 6.07) is 4.83. The highest BCUT2D eigenvalue weighted by Gasteiger charge is 2.04. The lowest BCUT2D eigenvalue weighted by atomic mass is 10.1. The SMILES string of the molecule is NC(=O)c1ccc(NCCCCNC(=O)O)c(N)c1. The van der Waals surface area contributed by atoms with Crippen molar-refractivity contribution in [3.8, 4) is 0 Å². The molecular formula is C12H18N4O3. The van der Waals surface area contributed by atoms with Gasteiger partial charge in [-0.15, -0.1) is 0 Å². The van der Waals surface area contributed by atoms with E-state index in [0.29, 0.717) is 24.3 Å². The smallest absolute Gasteiger partial charge is 0.404 e. The van der Waals surface area contributed by atoms with Gasteiger partial charge in [-0.2, -0.15) is 0 Å². The maximum absolute atomic E-state index is 10.9. The van der Waals surface area contributed by atoms with Crippen molar-refractivity contribution in [2.24, 2.45) is 5.73 Å². The molecule has 0 aliphatic rings. The second-order valence-corrected chi connectivity index (χ2v) is 4.03. The average molecular weight is 266 g/mol. The fraction of sp³-hybridized carbons (Fsp3) is 0.333. The quantitative estimate of drug-likeness (QED) is 0.368. The zero-order chi connectivity index (χ0) is 14.3. The van der Waals surface area contributed by atoms with Crippen LogP contribution >= 0.6 is 0 Å². The van der Waals surface area contributed by atoms with E-state index in [2.05, 4.69) is 10.6 Å². The zero-order valence-electron chi connectivity index (χ0n) is 10.5. The third-order valence-electron chi connectivity index (χ3n) is 2.53. The van der Waals surface area contributed by atoms with Gasteiger partial charge in [-0.05, 0) is 31.0 Å². The number of primary amides is 1. The second-order valence-electron chi connectivity index (χ2n) is 4.03. The fourth-order valence-corrected chi connectivity index (χ4v) is 1.55. The topological polar surface area (TPSA) is 130 Å². The molecule has 0 saturated carbocycles. The molecule has 19 heavy (non-hydrogen) atoms. The molecule has 7 N–H and O–H groups in total. The van der Waals surface area contributed by atoms with Gasteiger partial charge in [0.2, 0.25) is 5.91 Å². The summed E-state index contributed by atoms with van der Waals surface area (Å²) in [5.41, 5.74) is 12.5. The number of nitrogens with two attached hydrogens (primary N) is 2. The number of unbranched alkanes of at least 4 members (excludes halogenated alkanes) is 1. The van der Waals surface area contributed by atoms with Crippen LogP contribution in [0.5, 0.6) is 0 Å². The van der Waals surface area contributed by atoms with Gasteiger partial charge in [0.05, 0.1) is 11.4 Å². The molecule has 0 heterocycles. The molecule has 0 aliphatic heterocycles. The summed E-state index contributed by atoms with van der Waals surface area (Å²) in [4.78, 5) is 21.1. The van der Waals surface area contributed by atoms with Crippen molar-refractivity contribution in [2.45, 2.75) is 12.8 Å². The van der Waals surface area contributed by atoms with E-state index in [1.807, 2.05) is 0 Å². The normalized spacial score (nSPS) is 9.89. The summed E-state index contributed by atoms with van der Waals surface area (Å²) < 4.78 is 0. The van der Waals surface area contributed by atoms with E-state index >= 15 is 0 Å². The van der Waals surface area contributed by atoms with E-state index in [4.69, 9.17) is 16.6 Å². The number of nitrogen functional groups attached to an aromatic ring is 1. The molecule has 7 heteroatoms. The van der Waals surface area contributed by atoms with Crippen LogP contribution in [0, 0.1) is 0 Å². The summed E-state index contributed by atoms with van der Waals surface area (Å²) in [5.74, 6) is -0.516. The van der Waals surface area contributed by atoms with Crippen LogP contribution in [-0.4, -0.2) is 30.2 Å². The first-order valence-electron chi connectivity index (χ1n) is 5.90. The molecule has 1 aromatic carbocycles. The van der Waals surface area contributed by atoms with E-state index in [1.165, 1.54) is 6.07 Å². The third-order valence-corrected chi connectivity index (χ3v) is 2.53. The molecule has 0 atom stereocenters. The van der Waals surface area contributed by atoms with Gasteiger partial charge in [-0.3, -0.25) is 4.79 Å². The highest BCUT2D eigenvalue weighted by atomic mass is 16.4. The molecular weight excluding hydrogens is 248 g/mol. The Labute approximate surface area is 111 Å². The molecule has 0 aliphatic carbocycles. The van der Waals surface area contributed by atoms with Crippen molar-refractivity contribution in [2.75, 3.05) is 24.1 Å². The van der Waals surface area contributed by atoms with E-state index < -0.39 is 12.0 Å². The van der Waals surface area contributed by atoms with Crippen molar-refractivity contribution in [1.29, 1.82) is 0 Å². The molecule has 7 nitrogen and oxygen atoms in total. The van der Waals surface area contributed by atoms with E-state index in [9.17, 15) is 9.59 Å². The monoisotopic (exact) mass is 266 g/mol. The highest BCUT2D eigenvalue weighted by Crippen LogP contribution is 2.19. The number of hydrogen-bond donors (Lipinski definition) is 5. The van der Waals surface area contributed by atoms with Gasteiger partial charge in [-0.1, -0.05) is 0 Å². The molecule has 0 bridgehead atoms. The Bertz CT molecular complexity index is 462. The van der Waals surface area contributed by atoms with Crippen LogP contribution in [0.3, 0.4) is 0 Å². The van der Waals surface area contributed by atoms with Crippen LogP contribution in [0.1, 0.15) is 23.2 Å². The van der Waals surface area contributed by atoms with Crippen molar-refractivity contribution in [3.63, 3.8) is 0 Å². The Balaban J connectivity index is 2.33. The number of hydrogen-bond acceptors (Lipinski definition) is 4. The lowest BCUT2D eigenvalue weighted by Gasteiger charge is -2.10. The van der Waals surface area contributed by atoms with E-state index in [1.54, 1.807) is 12.1 Å². The maximum Gasteiger partial charge on any atom is 0.404 e. The number of benzene rings is 1. The summed E-state index contributed by atoms with van der Waals surface area (Å²) in [6.45, 7) is 1.09. The second kappa shape index (κ2) is 7.10. The number of amides is 2. The van der Waals surface area contributed by atoms with Crippen LogP contribution in [-0.2, 0) is 0 Å². The average Bonchev–Trinajstić information content (AvgIpc) is 2.34. The minimum absolute atomic E-state index is 0.369. The van der Waals surface area contributed by atoms with Gasteiger partial charge in [0.25, 0.3) is 0 Å². The number of rotatable bonds is 7. The molecule has 0 saturated heterocycles. The molecule has 0 aromatic heterocycles. The van der Waals surface area contributed by atoms with Gasteiger partial charge in [0.15, 0.2) is 0 Å². The Morgan fingerprint density at radius 2 is 1.89 bits per heavy atom. The Kier molecular flexibility index (Phi) is 5.46. The number of carboxylic acid groups (broad SMARTS) is 1. The Morgan fingerprint density at radius 1 is 1.21 bits per heavy atom. The van der Waals surface area contributed by atoms with Crippen molar-refractivity contribution >= 4 is 23.4 Å². The number of carbonyl (C=O) groups excluding carboxylic acids is 1. The lowest BCUT2D eigenvalue weighted by Crippen LogP contribution is -2.22. The summed E-state index contributed by atoms with van der Waals surface area (Å²) in [5, 5.41) is 13.8. The van der Waals surface area contributed by atoms with Crippen LogP contribution in [0.2, 0.25) is 0 Å². The molecule has 1 rings (SSSR count). The zero-order valence-corrected chi connectivity index (χ0v) is 10.5. The minimum Gasteiger partial charge on any atom is -0.465 e. The van der Waals surface area contributed by atoms with Gasteiger partial charge in [0.1, 0.15) is 0 Å². The van der Waals surface area contributed by atoms with Crippen molar-refractivity contribution in [1.82, 2.24) is 5.32 Å². The first-order chi connectivity index (χ1) is 9.00. The molecule has 1 aromatic rings. The van der Waals surface area contributed by atoms with Gasteiger partial charge >= 0.3 is 6.09 Å². The van der Waals surface area contributed by atoms with Crippen LogP contribution in [0.15, 0.2) is 18.2 Å². The van der Waals surface area contributed by atoms with E-state index in [0.717, 1.165) is 18.5 Å². The van der Waals surface area contributed by atoms with Gasteiger partial charge < -0.3 is 27.2 Å². The Morgan fingerprint density at radius 3 is 2.47 bits per heavy atom. The standard InChI is InChI=1S/C12H18N4O3/c13-9-7-8(11(14)17)3-4-10(9)15-5-1-2-6-16-12(18)19/h3-4,7,15-16H,1-2,5-6,13H2,(H2,14,17)(H,18,19). The molecule has 0 radical (unpaired) electrons. The first kappa shape index (κ1) is 14.6. The summed E-state index contributed by atoms with van der Waals surface area (Å²) >= 11 is 0. The van der Waals surface area contributed by atoms with Crippen molar-refractivity contribution < 1.29 is 14.7 Å². The lowest BCUT2D eigenvalue weighted by molar-refractivity contribution is 0.1000. The Hall–Kier alpha value is -2.44. The van der Waals surface area contributed by atoms with Gasteiger partial charge in [-0.25, -0.2) is 4.79 Å². The molecule has 104 valence electrons. The summed E-state index contributed by atoms with van der Waals surface area (Å²) in [7, 11) is 0. The number of nitrogens with one attached hydrogen (secondary N) is 2. The molecule has 0 unspecified atom stereocenters. The largest absolute Gasteiger partial charge is 0.465 e. The first-order valence-corrected chi connectivity index (χ1v) is 5.90. The minimum atomic E-state index is -1.01. The highest BCUT2D eigenvalue weighted by molar-refractivity contribution is 5.94. The predicted octanol–water partition coefficient (Wildman–Crippen LogP) is 0.827. The fourth-order valence-electron chi connectivity index (χ4n) is 1.55. The maximum atomic E-state index is 10.9. The van der Waals surface area contributed by atoms with E-state index in [-0.39, 0.29) is 0 Å². The predicted molar refractivity (Wildman–Crippen MR) is 73.1 cm³/mol. The molecule has 2 amide bonds. The number of anilines is 2. The number of carbonyl (C=O) groups is 2. The summed E-state index contributed by atoms with van der Waals surface area (Å²) in [6.07, 6.45) is 0.523. The third kappa shape index (κ3) is 5.15. The van der Waals surface area contributed by atoms with Crippen LogP contribution in [0.25, 0.3) is 0 Å². The van der Waals surface area contributed by atoms with Gasteiger partial charge in [0, 0.05) is 18.7 Å². The van der Waals surface area contributed by atoms with Crippen LogP contribution < -0.4 is 22.1 Å². The van der Waals surface area contributed by atoms with Crippen molar-refractivity contribution in [3.05, 3.63) is 23.8 Å².